The second-order valence-electron chi connectivity index (χ2n) is 5.98. The number of nitrogens with zero attached hydrogens (tertiary/aromatic N) is 3. The number of nitrogens with one attached hydrogen (secondary N) is 1. The molecule has 2 aromatic carbocycles. The molecule has 0 radical (unpaired) electrons. The Bertz CT molecular complexity index is 989. The van der Waals surface area contributed by atoms with Gasteiger partial charge in [0.15, 0.2) is 11.0 Å². The Hall–Kier alpha value is -3.24. The second kappa shape index (κ2) is 9.11. The van der Waals surface area contributed by atoms with Gasteiger partial charge in [-0.3, -0.25) is 9.36 Å². The lowest BCUT2D eigenvalue weighted by Gasteiger charge is -2.11. The van der Waals surface area contributed by atoms with Gasteiger partial charge in [-0.25, -0.2) is 0 Å². The molecule has 1 amide bonds. The van der Waals surface area contributed by atoms with Crippen molar-refractivity contribution in [3.8, 4) is 35.2 Å². The van der Waals surface area contributed by atoms with Crippen molar-refractivity contribution in [2.75, 3.05) is 19.4 Å². The molecule has 0 aliphatic carbocycles. The number of ether oxygens (including phenoxy) is 1. The molecule has 6 nitrogen and oxygen atoms in total. The van der Waals surface area contributed by atoms with Gasteiger partial charge in [-0.05, 0) is 43.3 Å². The van der Waals surface area contributed by atoms with Crippen LogP contribution >= 0.6 is 11.8 Å². The molecule has 1 aromatic heterocycles. The Morgan fingerprint density at radius 1 is 1.18 bits per heavy atom. The van der Waals surface area contributed by atoms with Crippen molar-refractivity contribution in [3.63, 3.8) is 0 Å². The Morgan fingerprint density at radius 2 is 1.89 bits per heavy atom. The molecule has 28 heavy (non-hydrogen) atoms. The fourth-order valence-electron chi connectivity index (χ4n) is 2.55. The first-order chi connectivity index (χ1) is 13.6. The monoisotopic (exact) mass is 392 g/mol. The number of methoxy groups -OCH3 is 1. The minimum atomic E-state index is -0.146. The Balaban J connectivity index is 1.95. The summed E-state index contributed by atoms with van der Waals surface area (Å²) in [6.45, 7) is 2.24. The number of thioether (sulfide) groups is 1. The molecule has 142 valence electrons. The number of carbonyl (C=O) groups excluding carboxylic acids is 1. The number of terminal acetylenes is 1. The zero-order valence-electron chi connectivity index (χ0n) is 15.7. The van der Waals surface area contributed by atoms with E-state index in [4.69, 9.17) is 11.2 Å². The van der Waals surface area contributed by atoms with Gasteiger partial charge in [0.25, 0.3) is 0 Å². The van der Waals surface area contributed by atoms with Crippen molar-refractivity contribution in [1.82, 2.24) is 20.1 Å². The second-order valence-corrected chi connectivity index (χ2v) is 6.92. The smallest absolute Gasteiger partial charge is 0.231 e. The van der Waals surface area contributed by atoms with E-state index < -0.39 is 0 Å². The third kappa shape index (κ3) is 4.53. The van der Waals surface area contributed by atoms with Crippen molar-refractivity contribution in [2.24, 2.45) is 0 Å². The summed E-state index contributed by atoms with van der Waals surface area (Å²) < 4.78 is 7.17. The molecule has 0 aliphatic heterocycles. The Labute approximate surface area is 168 Å². The van der Waals surface area contributed by atoms with E-state index in [1.165, 1.54) is 11.8 Å². The standard InChI is InChI=1S/C21H20N4O2S/c1-4-13-22-19(26)14-28-21-24-23-20(16-7-11-18(27-3)12-8-16)25(21)17-9-5-15(2)6-10-17/h1,5-12H,13-14H2,2-3H3,(H,22,26). The van der Waals surface area contributed by atoms with Crippen LogP contribution in [0.15, 0.2) is 53.7 Å². The summed E-state index contributed by atoms with van der Waals surface area (Å²) in [4.78, 5) is 11.9. The summed E-state index contributed by atoms with van der Waals surface area (Å²) in [5, 5.41) is 12.0. The van der Waals surface area contributed by atoms with Gasteiger partial charge in [-0.2, -0.15) is 0 Å². The van der Waals surface area contributed by atoms with Crippen LogP contribution in [-0.2, 0) is 4.79 Å². The molecule has 0 fully saturated rings. The summed E-state index contributed by atoms with van der Waals surface area (Å²) in [6.07, 6.45) is 5.18. The van der Waals surface area contributed by atoms with Gasteiger partial charge in [0.1, 0.15) is 5.75 Å². The third-order valence-corrected chi connectivity index (χ3v) is 4.92. The van der Waals surface area contributed by atoms with Gasteiger partial charge >= 0.3 is 0 Å². The van der Waals surface area contributed by atoms with Crippen LogP contribution in [0.1, 0.15) is 5.56 Å². The van der Waals surface area contributed by atoms with E-state index in [0.717, 1.165) is 22.6 Å². The van der Waals surface area contributed by atoms with Gasteiger partial charge < -0.3 is 10.1 Å². The average Bonchev–Trinajstić information content (AvgIpc) is 3.15. The molecule has 1 N–H and O–H groups in total. The molecule has 1 heterocycles. The zero-order valence-corrected chi connectivity index (χ0v) is 16.5. The van der Waals surface area contributed by atoms with Crippen LogP contribution in [0, 0.1) is 19.3 Å². The minimum absolute atomic E-state index is 0.146. The van der Waals surface area contributed by atoms with Crippen molar-refractivity contribution in [3.05, 3.63) is 54.1 Å². The SMILES string of the molecule is C#CCNC(=O)CSc1nnc(-c2ccc(OC)cc2)n1-c1ccc(C)cc1. The molecular formula is C21H20N4O2S. The fourth-order valence-corrected chi connectivity index (χ4v) is 3.33. The van der Waals surface area contributed by atoms with Crippen LogP contribution in [0.3, 0.4) is 0 Å². The van der Waals surface area contributed by atoms with Crippen LogP contribution in [0.25, 0.3) is 17.1 Å². The highest BCUT2D eigenvalue weighted by Crippen LogP contribution is 2.29. The zero-order chi connectivity index (χ0) is 19.9. The largest absolute Gasteiger partial charge is 0.497 e. The highest BCUT2D eigenvalue weighted by atomic mass is 32.2. The van der Waals surface area contributed by atoms with Crippen LogP contribution < -0.4 is 10.1 Å². The molecule has 7 heteroatoms. The van der Waals surface area contributed by atoms with E-state index in [0.29, 0.717) is 11.0 Å². The number of rotatable bonds is 7. The molecule has 0 saturated heterocycles. The van der Waals surface area contributed by atoms with Crippen molar-refractivity contribution >= 4 is 17.7 Å². The lowest BCUT2D eigenvalue weighted by atomic mass is 10.2. The third-order valence-electron chi connectivity index (χ3n) is 3.99. The fraction of sp³-hybridized carbons (Fsp3) is 0.190. The van der Waals surface area contributed by atoms with E-state index >= 15 is 0 Å². The van der Waals surface area contributed by atoms with Crippen molar-refractivity contribution in [1.29, 1.82) is 0 Å². The van der Waals surface area contributed by atoms with Crippen LogP contribution in [0.2, 0.25) is 0 Å². The number of aromatic nitrogens is 3. The van der Waals surface area contributed by atoms with Gasteiger partial charge in [-0.1, -0.05) is 35.4 Å². The van der Waals surface area contributed by atoms with Crippen molar-refractivity contribution < 1.29 is 9.53 Å². The molecule has 0 bridgehead atoms. The van der Waals surface area contributed by atoms with Crippen molar-refractivity contribution in [2.45, 2.75) is 12.1 Å². The summed E-state index contributed by atoms with van der Waals surface area (Å²) in [7, 11) is 1.63. The minimum Gasteiger partial charge on any atom is -0.497 e. The lowest BCUT2D eigenvalue weighted by Crippen LogP contribution is -2.25. The van der Waals surface area contributed by atoms with E-state index in [1.807, 2.05) is 60.0 Å². The number of benzene rings is 2. The maximum Gasteiger partial charge on any atom is 0.231 e. The predicted molar refractivity (Wildman–Crippen MR) is 111 cm³/mol. The molecule has 0 spiro atoms. The summed E-state index contributed by atoms with van der Waals surface area (Å²) in [5.74, 6) is 3.91. The summed E-state index contributed by atoms with van der Waals surface area (Å²) in [6, 6.07) is 15.7. The molecular weight excluding hydrogens is 372 g/mol. The predicted octanol–water partition coefficient (Wildman–Crippen LogP) is 3.09. The van der Waals surface area contributed by atoms with Crippen LogP contribution in [0.4, 0.5) is 0 Å². The van der Waals surface area contributed by atoms with E-state index in [2.05, 4.69) is 21.4 Å². The Kier molecular flexibility index (Phi) is 6.35. The van der Waals surface area contributed by atoms with Crippen LogP contribution in [-0.4, -0.2) is 40.1 Å². The number of amides is 1. The molecule has 0 saturated carbocycles. The highest BCUT2D eigenvalue weighted by molar-refractivity contribution is 7.99. The molecule has 3 rings (SSSR count). The molecule has 0 atom stereocenters. The number of hydrogen-bond acceptors (Lipinski definition) is 5. The number of hydrogen-bond donors (Lipinski definition) is 1. The summed E-state index contributed by atoms with van der Waals surface area (Å²) in [5.41, 5.74) is 2.98. The van der Waals surface area contributed by atoms with E-state index in [-0.39, 0.29) is 18.2 Å². The van der Waals surface area contributed by atoms with Gasteiger partial charge in [0, 0.05) is 11.3 Å². The van der Waals surface area contributed by atoms with Gasteiger partial charge in [-0.15, -0.1) is 16.6 Å². The number of aryl methyl sites for hydroxylation is 1. The topological polar surface area (TPSA) is 69.0 Å². The number of carbonyl (C=O) groups is 1. The van der Waals surface area contributed by atoms with E-state index in [9.17, 15) is 4.79 Å². The first-order valence-electron chi connectivity index (χ1n) is 8.62. The van der Waals surface area contributed by atoms with Gasteiger partial charge in [0.2, 0.25) is 5.91 Å². The average molecular weight is 392 g/mol. The maximum atomic E-state index is 11.9. The first kappa shape index (κ1) is 19.5. The van der Waals surface area contributed by atoms with Crippen LogP contribution in [0.5, 0.6) is 5.75 Å². The Morgan fingerprint density at radius 3 is 2.54 bits per heavy atom. The van der Waals surface area contributed by atoms with E-state index in [1.54, 1.807) is 7.11 Å². The maximum absolute atomic E-state index is 11.9. The highest BCUT2D eigenvalue weighted by Gasteiger charge is 2.17. The molecule has 0 unspecified atom stereocenters. The first-order valence-corrected chi connectivity index (χ1v) is 9.60. The quantitative estimate of drug-likeness (QED) is 0.494. The lowest BCUT2D eigenvalue weighted by molar-refractivity contribution is -0.118. The summed E-state index contributed by atoms with van der Waals surface area (Å²) >= 11 is 1.31. The molecule has 0 aliphatic rings. The normalized spacial score (nSPS) is 10.3. The van der Waals surface area contributed by atoms with Gasteiger partial charge in [0.05, 0.1) is 19.4 Å². The molecule has 3 aromatic rings.